The zero-order chi connectivity index (χ0) is 24.6. The van der Waals surface area contributed by atoms with Crippen LogP contribution in [0.4, 0.5) is 10.6 Å². The summed E-state index contributed by atoms with van der Waals surface area (Å²) >= 11 is 0. The Kier molecular flexibility index (Phi) is 7.72. The first-order valence-electron chi connectivity index (χ1n) is 11.6. The highest BCUT2D eigenvalue weighted by Gasteiger charge is 2.10. The van der Waals surface area contributed by atoms with Crippen LogP contribution in [0.25, 0.3) is 22.4 Å². The zero-order valence-electron chi connectivity index (χ0n) is 19.9. The van der Waals surface area contributed by atoms with Gasteiger partial charge in [0.15, 0.2) is 17.1 Å². The minimum absolute atomic E-state index is 0.0150. The van der Waals surface area contributed by atoms with Crippen LogP contribution in [-0.2, 0) is 6.42 Å². The molecule has 0 bridgehead atoms. The molecule has 0 aliphatic heterocycles. The van der Waals surface area contributed by atoms with Gasteiger partial charge in [-0.1, -0.05) is 37.3 Å². The van der Waals surface area contributed by atoms with Gasteiger partial charge in [0.2, 0.25) is 0 Å². The number of benzene rings is 2. The fourth-order valence-electron chi connectivity index (χ4n) is 3.78. The number of amides is 2. The molecule has 0 aliphatic carbocycles. The number of methoxy groups -OCH3 is 1. The molecular formula is C27H29N5O3. The molecule has 0 radical (unpaired) electrons. The van der Waals surface area contributed by atoms with E-state index in [2.05, 4.69) is 56.8 Å². The van der Waals surface area contributed by atoms with Crippen LogP contribution in [-0.4, -0.2) is 39.7 Å². The first kappa shape index (κ1) is 23.9. The summed E-state index contributed by atoms with van der Waals surface area (Å²) in [4.78, 5) is 25.8. The molecule has 3 N–H and O–H groups in total. The molecule has 4 aromatic rings. The van der Waals surface area contributed by atoms with Gasteiger partial charge in [-0.3, -0.25) is 10.3 Å². The minimum atomic E-state index is -0.309. The number of pyridine rings is 1. The first-order chi connectivity index (χ1) is 17.0. The number of hydrogen-bond acceptors (Lipinski definition) is 6. The van der Waals surface area contributed by atoms with Gasteiger partial charge in [-0.15, -0.1) is 0 Å². The van der Waals surface area contributed by atoms with Crippen molar-refractivity contribution in [2.45, 2.75) is 26.2 Å². The van der Waals surface area contributed by atoms with Gasteiger partial charge in [-0.25, -0.2) is 14.8 Å². The summed E-state index contributed by atoms with van der Waals surface area (Å²) < 4.78 is 5.09. The largest absolute Gasteiger partial charge is 0.504 e. The van der Waals surface area contributed by atoms with Crippen LogP contribution in [0, 0.1) is 5.92 Å². The summed E-state index contributed by atoms with van der Waals surface area (Å²) in [7, 11) is 1.49. The van der Waals surface area contributed by atoms with Gasteiger partial charge in [0, 0.05) is 12.1 Å². The molecule has 8 nitrogen and oxygen atoms in total. The predicted molar refractivity (Wildman–Crippen MR) is 137 cm³/mol. The maximum absolute atomic E-state index is 12.4. The fourth-order valence-corrected chi connectivity index (χ4v) is 3.78. The van der Waals surface area contributed by atoms with Crippen LogP contribution in [0.3, 0.4) is 0 Å². The summed E-state index contributed by atoms with van der Waals surface area (Å²) in [5.41, 5.74) is 3.56. The highest BCUT2D eigenvalue weighted by atomic mass is 16.5. The van der Waals surface area contributed by atoms with E-state index in [1.54, 1.807) is 36.5 Å². The lowest BCUT2D eigenvalue weighted by Crippen LogP contribution is -2.32. The normalized spacial score (nSPS) is 11.7. The van der Waals surface area contributed by atoms with Gasteiger partial charge in [-0.2, -0.15) is 0 Å². The van der Waals surface area contributed by atoms with Gasteiger partial charge < -0.3 is 15.2 Å². The SMILES string of the molecule is COc1ccc(-c2cnc3ccc(NC(=O)NCC(C)CCCc4ccccc4)nc3n2)cc1O. The lowest BCUT2D eigenvalue weighted by molar-refractivity contribution is 0.250. The number of phenolic OH excluding ortho intramolecular Hbond substituents is 1. The van der Waals surface area contributed by atoms with E-state index in [1.165, 1.54) is 12.7 Å². The second kappa shape index (κ2) is 11.3. The number of carbonyl (C=O) groups is 1. The summed E-state index contributed by atoms with van der Waals surface area (Å²) in [6.07, 6.45) is 4.76. The molecular weight excluding hydrogens is 442 g/mol. The number of phenols is 1. The number of anilines is 1. The van der Waals surface area contributed by atoms with Crippen LogP contribution in [0.5, 0.6) is 11.5 Å². The third-order valence-corrected chi connectivity index (χ3v) is 5.74. The number of rotatable bonds is 9. The number of aromatic nitrogens is 3. The number of nitrogens with one attached hydrogen (secondary N) is 2. The Morgan fingerprint density at radius 2 is 1.91 bits per heavy atom. The van der Waals surface area contributed by atoms with Crippen molar-refractivity contribution in [3.63, 3.8) is 0 Å². The molecule has 35 heavy (non-hydrogen) atoms. The van der Waals surface area contributed by atoms with Gasteiger partial charge in [0.05, 0.1) is 19.0 Å². The number of aryl methyl sites for hydroxylation is 1. The summed E-state index contributed by atoms with van der Waals surface area (Å²) in [6.45, 7) is 2.72. The van der Waals surface area contributed by atoms with Crippen molar-refractivity contribution in [1.29, 1.82) is 0 Å². The molecule has 180 valence electrons. The molecule has 0 saturated carbocycles. The second-order valence-corrected chi connectivity index (χ2v) is 8.50. The van der Waals surface area contributed by atoms with Crippen LogP contribution in [0.1, 0.15) is 25.3 Å². The third kappa shape index (κ3) is 6.44. The molecule has 0 saturated heterocycles. The molecule has 4 rings (SSSR count). The summed E-state index contributed by atoms with van der Waals surface area (Å²) in [6, 6.07) is 18.6. The molecule has 2 amide bonds. The average molecular weight is 472 g/mol. The van der Waals surface area contributed by atoms with Crippen LogP contribution < -0.4 is 15.4 Å². The van der Waals surface area contributed by atoms with Crippen molar-refractivity contribution in [1.82, 2.24) is 20.3 Å². The van der Waals surface area contributed by atoms with Crippen molar-refractivity contribution in [3.05, 3.63) is 72.4 Å². The lowest BCUT2D eigenvalue weighted by Gasteiger charge is -2.13. The van der Waals surface area contributed by atoms with E-state index in [1.807, 2.05) is 6.07 Å². The zero-order valence-corrected chi connectivity index (χ0v) is 19.9. The van der Waals surface area contributed by atoms with Gasteiger partial charge >= 0.3 is 6.03 Å². The number of fused-ring (bicyclic) bond motifs is 1. The smallest absolute Gasteiger partial charge is 0.320 e. The first-order valence-corrected chi connectivity index (χ1v) is 11.6. The standard InChI is InChI=1S/C27H29N5O3/c1-18(7-6-10-19-8-4-3-5-9-19)16-29-27(34)32-25-14-12-21-26(31-25)30-22(17-28-21)20-11-13-24(35-2)23(33)15-20/h3-5,8-9,11-15,17-18,33H,6-7,10,16H2,1-2H3,(H2,29,30,31,32,34). The van der Waals surface area contributed by atoms with E-state index in [0.717, 1.165) is 19.3 Å². The number of nitrogens with zero attached hydrogens (tertiary/aromatic N) is 3. The molecule has 8 heteroatoms. The second-order valence-electron chi connectivity index (χ2n) is 8.50. The van der Waals surface area contributed by atoms with Crippen LogP contribution in [0.2, 0.25) is 0 Å². The van der Waals surface area contributed by atoms with Crippen LogP contribution >= 0.6 is 0 Å². The van der Waals surface area contributed by atoms with Gasteiger partial charge in [-0.05, 0) is 61.1 Å². The molecule has 0 aliphatic rings. The predicted octanol–water partition coefficient (Wildman–Crippen LogP) is 5.19. The van der Waals surface area contributed by atoms with Crippen molar-refractivity contribution in [2.24, 2.45) is 5.92 Å². The number of ether oxygens (including phenoxy) is 1. The number of urea groups is 1. The molecule has 2 aromatic carbocycles. The van der Waals surface area contributed by atoms with Crippen LogP contribution in [0.15, 0.2) is 66.9 Å². The fraction of sp³-hybridized carbons (Fsp3) is 0.259. The third-order valence-electron chi connectivity index (χ3n) is 5.74. The topological polar surface area (TPSA) is 109 Å². The number of hydrogen-bond donors (Lipinski definition) is 3. The molecule has 0 fully saturated rings. The van der Waals surface area contributed by atoms with Crippen molar-refractivity contribution >= 4 is 23.0 Å². The maximum atomic E-state index is 12.4. The Labute approximate surface area is 204 Å². The van der Waals surface area contributed by atoms with E-state index in [-0.39, 0.29) is 11.8 Å². The molecule has 2 aromatic heterocycles. The van der Waals surface area contributed by atoms with Crippen molar-refractivity contribution in [3.8, 4) is 22.8 Å². The summed E-state index contributed by atoms with van der Waals surface area (Å²) in [5.74, 6) is 1.14. The number of carbonyl (C=O) groups excluding carboxylic acids is 1. The average Bonchev–Trinajstić information content (AvgIpc) is 2.87. The Balaban J connectivity index is 1.32. The van der Waals surface area contributed by atoms with Crippen molar-refractivity contribution in [2.75, 3.05) is 19.0 Å². The monoisotopic (exact) mass is 471 g/mol. The van der Waals surface area contributed by atoms with Gasteiger partial charge in [0.25, 0.3) is 0 Å². The Morgan fingerprint density at radius 1 is 1.09 bits per heavy atom. The molecule has 1 atom stereocenters. The molecule has 1 unspecified atom stereocenters. The quantitative estimate of drug-likeness (QED) is 0.310. The van der Waals surface area contributed by atoms with E-state index in [4.69, 9.17) is 4.74 Å². The molecule has 0 spiro atoms. The van der Waals surface area contributed by atoms with E-state index in [9.17, 15) is 9.90 Å². The maximum Gasteiger partial charge on any atom is 0.320 e. The Bertz CT molecular complexity index is 1300. The highest BCUT2D eigenvalue weighted by Crippen LogP contribution is 2.30. The lowest BCUT2D eigenvalue weighted by atomic mass is 10.0. The Morgan fingerprint density at radius 3 is 2.69 bits per heavy atom. The number of aromatic hydroxyl groups is 1. The van der Waals surface area contributed by atoms with E-state index >= 15 is 0 Å². The van der Waals surface area contributed by atoms with E-state index < -0.39 is 0 Å². The van der Waals surface area contributed by atoms with E-state index in [0.29, 0.717) is 46.5 Å². The minimum Gasteiger partial charge on any atom is -0.504 e. The molecule has 2 heterocycles. The summed E-state index contributed by atoms with van der Waals surface area (Å²) in [5, 5.41) is 15.7. The van der Waals surface area contributed by atoms with Crippen molar-refractivity contribution < 1.29 is 14.6 Å². The van der Waals surface area contributed by atoms with Gasteiger partial charge in [0.1, 0.15) is 11.3 Å². The Hall–Kier alpha value is -4.20. The highest BCUT2D eigenvalue weighted by molar-refractivity contribution is 5.89.